The summed E-state index contributed by atoms with van der Waals surface area (Å²) >= 11 is 0. The van der Waals surface area contributed by atoms with Gasteiger partial charge in [-0.15, -0.1) is 0 Å². The number of carbonyl (C=O) groups is 1. The first-order valence-corrected chi connectivity index (χ1v) is 6.14. The second-order valence-corrected chi connectivity index (χ2v) is 4.63. The van der Waals surface area contributed by atoms with Gasteiger partial charge in [0, 0.05) is 25.3 Å². The van der Waals surface area contributed by atoms with Crippen molar-refractivity contribution in [1.82, 2.24) is 5.32 Å². The van der Waals surface area contributed by atoms with Gasteiger partial charge < -0.3 is 15.5 Å². The third kappa shape index (κ3) is 2.86. The van der Waals surface area contributed by atoms with E-state index < -0.39 is 4.92 Å². The number of methoxy groups -OCH3 is 1. The van der Waals surface area contributed by atoms with E-state index in [4.69, 9.17) is 10.6 Å². The normalized spacial score (nSPS) is 20.9. The highest BCUT2D eigenvalue weighted by Crippen LogP contribution is 2.25. The van der Waals surface area contributed by atoms with E-state index in [1.54, 1.807) is 7.11 Å². The number of rotatable bonds is 5. The Morgan fingerprint density at radius 1 is 1.50 bits per heavy atom. The van der Waals surface area contributed by atoms with Gasteiger partial charge in [-0.25, -0.2) is 0 Å². The lowest BCUT2D eigenvalue weighted by Gasteiger charge is -2.34. The molecule has 0 aromatic heterocycles. The maximum atomic E-state index is 12.1. The molecule has 1 aromatic carbocycles. The lowest BCUT2D eigenvalue weighted by molar-refractivity contribution is -0.384. The van der Waals surface area contributed by atoms with Crippen LogP contribution in [0.2, 0.25) is 0 Å². The molecular weight excluding hydrogens is 264 g/mol. The molecule has 1 aliphatic rings. The van der Waals surface area contributed by atoms with Gasteiger partial charge in [-0.05, 0) is 18.9 Å². The number of hydrogen-bond donors (Lipinski definition) is 3. The van der Waals surface area contributed by atoms with Crippen LogP contribution in [0.15, 0.2) is 18.2 Å². The number of nitrogen functional groups attached to an aromatic ring is 1. The molecule has 0 atom stereocenters. The molecule has 4 N–H and O–H groups in total. The number of hydrogen-bond acceptors (Lipinski definition) is 6. The molecule has 8 nitrogen and oxygen atoms in total. The zero-order valence-corrected chi connectivity index (χ0v) is 11.0. The molecule has 20 heavy (non-hydrogen) atoms. The molecule has 0 aliphatic heterocycles. The first kappa shape index (κ1) is 14.2. The zero-order chi connectivity index (χ0) is 14.7. The van der Waals surface area contributed by atoms with Gasteiger partial charge in [-0.2, -0.15) is 0 Å². The fourth-order valence-corrected chi connectivity index (χ4v) is 2.10. The summed E-state index contributed by atoms with van der Waals surface area (Å²) in [5.41, 5.74) is 2.71. The molecule has 1 amide bonds. The highest BCUT2D eigenvalue weighted by atomic mass is 16.6. The Bertz CT molecular complexity index is 528. The number of nitro groups is 1. The van der Waals surface area contributed by atoms with Crippen molar-refractivity contribution in [3.05, 3.63) is 33.9 Å². The minimum Gasteiger partial charge on any atom is -0.381 e. The number of non-ortho nitro benzene ring substituents is 1. The molecule has 0 bridgehead atoms. The van der Waals surface area contributed by atoms with E-state index in [-0.39, 0.29) is 29.3 Å². The first-order chi connectivity index (χ1) is 9.55. The quantitative estimate of drug-likeness (QED) is 0.416. The van der Waals surface area contributed by atoms with Gasteiger partial charge in [0.2, 0.25) is 0 Å². The molecule has 2 rings (SSSR count). The van der Waals surface area contributed by atoms with Crippen LogP contribution in [0.5, 0.6) is 0 Å². The number of hydrazine groups is 1. The fourth-order valence-electron chi connectivity index (χ4n) is 2.10. The van der Waals surface area contributed by atoms with Gasteiger partial charge >= 0.3 is 0 Å². The summed E-state index contributed by atoms with van der Waals surface area (Å²) < 4.78 is 5.13. The minimum absolute atomic E-state index is 0.0253. The van der Waals surface area contributed by atoms with E-state index in [0.717, 1.165) is 12.8 Å². The summed E-state index contributed by atoms with van der Waals surface area (Å²) in [4.78, 5) is 22.3. The number of benzene rings is 1. The molecule has 1 aromatic rings. The highest BCUT2D eigenvalue weighted by molar-refractivity contribution is 6.00. The molecular formula is C12H16N4O4. The maximum absolute atomic E-state index is 12.1. The standard InChI is InChI=1S/C12H16N4O4/c1-20-9-4-7(5-9)14-12(17)10-6-8(16(18)19)2-3-11(10)15-13/h2-3,6-7,9,15H,4-5,13H2,1H3,(H,14,17). The Balaban J connectivity index is 2.11. The Morgan fingerprint density at radius 2 is 2.20 bits per heavy atom. The van der Waals surface area contributed by atoms with Gasteiger partial charge in [0.15, 0.2) is 0 Å². The van der Waals surface area contributed by atoms with E-state index in [0.29, 0.717) is 5.69 Å². The summed E-state index contributed by atoms with van der Waals surface area (Å²) in [5.74, 6) is 4.93. The Hall–Kier alpha value is -2.19. The average Bonchev–Trinajstić information content (AvgIpc) is 2.41. The van der Waals surface area contributed by atoms with Crippen LogP contribution in [0, 0.1) is 10.1 Å². The molecule has 0 spiro atoms. The van der Waals surface area contributed by atoms with Crippen molar-refractivity contribution in [2.75, 3.05) is 12.5 Å². The number of nitro benzene ring substituents is 1. The van der Waals surface area contributed by atoms with Crippen LogP contribution in [0.3, 0.4) is 0 Å². The number of carbonyl (C=O) groups excluding carboxylic acids is 1. The number of nitrogens with two attached hydrogens (primary N) is 1. The Labute approximate surface area is 115 Å². The van der Waals surface area contributed by atoms with Gasteiger partial charge in [0.1, 0.15) is 0 Å². The van der Waals surface area contributed by atoms with E-state index in [9.17, 15) is 14.9 Å². The first-order valence-electron chi connectivity index (χ1n) is 6.14. The Morgan fingerprint density at radius 3 is 2.75 bits per heavy atom. The lowest BCUT2D eigenvalue weighted by Crippen LogP contribution is -2.47. The summed E-state index contributed by atoms with van der Waals surface area (Å²) in [7, 11) is 1.62. The molecule has 0 saturated heterocycles. The predicted molar refractivity (Wildman–Crippen MR) is 72.2 cm³/mol. The average molecular weight is 280 g/mol. The van der Waals surface area contributed by atoms with Gasteiger partial charge in [0.05, 0.1) is 22.3 Å². The number of nitrogens with zero attached hydrogens (tertiary/aromatic N) is 1. The fraction of sp³-hybridized carbons (Fsp3) is 0.417. The van der Waals surface area contributed by atoms with Crippen LogP contribution in [0.25, 0.3) is 0 Å². The molecule has 1 fully saturated rings. The third-order valence-electron chi connectivity index (χ3n) is 3.38. The molecule has 1 saturated carbocycles. The van der Waals surface area contributed by atoms with Crippen molar-refractivity contribution in [2.45, 2.75) is 25.0 Å². The topological polar surface area (TPSA) is 120 Å². The predicted octanol–water partition coefficient (Wildman–Crippen LogP) is 0.788. The number of ether oxygens (including phenoxy) is 1. The van der Waals surface area contributed by atoms with Crippen molar-refractivity contribution in [2.24, 2.45) is 5.84 Å². The minimum atomic E-state index is -0.554. The van der Waals surface area contributed by atoms with E-state index >= 15 is 0 Å². The molecule has 0 radical (unpaired) electrons. The van der Waals surface area contributed by atoms with E-state index in [1.165, 1.54) is 18.2 Å². The summed E-state index contributed by atoms with van der Waals surface area (Å²) in [6.45, 7) is 0. The van der Waals surface area contributed by atoms with Crippen LogP contribution in [-0.2, 0) is 4.74 Å². The van der Waals surface area contributed by atoms with Crippen LogP contribution in [0.4, 0.5) is 11.4 Å². The monoisotopic (exact) mass is 280 g/mol. The SMILES string of the molecule is COC1CC(NC(=O)c2cc([N+](=O)[O-])ccc2NN)C1. The van der Waals surface area contributed by atoms with E-state index in [2.05, 4.69) is 10.7 Å². The van der Waals surface area contributed by atoms with Gasteiger partial charge in [-0.1, -0.05) is 0 Å². The molecule has 0 heterocycles. The largest absolute Gasteiger partial charge is 0.381 e. The van der Waals surface area contributed by atoms with Gasteiger partial charge in [-0.3, -0.25) is 20.8 Å². The van der Waals surface area contributed by atoms with Gasteiger partial charge in [0.25, 0.3) is 11.6 Å². The third-order valence-corrected chi connectivity index (χ3v) is 3.38. The number of amides is 1. The lowest BCUT2D eigenvalue weighted by atomic mass is 9.89. The molecule has 1 aliphatic carbocycles. The van der Waals surface area contributed by atoms with Crippen LogP contribution in [0.1, 0.15) is 23.2 Å². The second-order valence-electron chi connectivity index (χ2n) is 4.63. The van der Waals surface area contributed by atoms with Crippen LogP contribution in [-0.4, -0.2) is 30.1 Å². The molecule has 0 unspecified atom stereocenters. The maximum Gasteiger partial charge on any atom is 0.270 e. The smallest absolute Gasteiger partial charge is 0.270 e. The zero-order valence-electron chi connectivity index (χ0n) is 11.0. The van der Waals surface area contributed by atoms with Crippen molar-refractivity contribution >= 4 is 17.3 Å². The summed E-state index contributed by atoms with van der Waals surface area (Å²) in [6, 6.07) is 3.93. The van der Waals surface area contributed by atoms with Crippen LogP contribution < -0.4 is 16.6 Å². The van der Waals surface area contributed by atoms with Crippen molar-refractivity contribution in [3.8, 4) is 0 Å². The highest BCUT2D eigenvalue weighted by Gasteiger charge is 2.31. The van der Waals surface area contributed by atoms with Crippen molar-refractivity contribution in [1.29, 1.82) is 0 Å². The number of nitrogens with one attached hydrogen (secondary N) is 2. The van der Waals surface area contributed by atoms with Crippen molar-refractivity contribution < 1.29 is 14.5 Å². The Kier molecular flexibility index (Phi) is 4.16. The summed E-state index contributed by atoms with van der Waals surface area (Å²) in [5, 5.41) is 13.6. The molecule has 8 heteroatoms. The summed E-state index contributed by atoms with van der Waals surface area (Å²) in [6.07, 6.45) is 1.64. The second kappa shape index (κ2) is 5.85. The van der Waals surface area contributed by atoms with E-state index in [1.807, 2.05) is 0 Å². The number of anilines is 1. The van der Waals surface area contributed by atoms with Crippen LogP contribution >= 0.6 is 0 Å². The molecule has 108 valence electrons. The van der Waals surface area contributed by atoms with Crippen molar-refractivity contribution in [3.63, 3.8) is 0 Å².